The fourth-order valence-corrected chi connectivity index (χ4v) is 4.32. The van der Waals surface area contributed by atoms with Crippen LogP contribution >= 0.6 is 0 Å². The molecule has 180 valence electrons. The zero-order valence-electron chi connectivity index (χ0n) is 18.6. The summed E-state index contributed by atoms with van der Waals surface area (Å²) < 4.78 is 39.8. The first-order valence-corrected chi connectivity index (χ1v) is 11.1. The first kappa shape index (κ1) is 23.7. The number of nitrogens with zero attached hydrogens (tertiary/aromatic N) is 1. The number of benzene rings is 1. The van der Waals surface area contributed by atoms with E-state index in [9.17, 15) is 22.8 Å². The summed E-state index contributed by atoms with van der Waals surface area (Å²) in [6.07, 6.45) is 0.596. The second kappa shape index (κ2) is 9.84. The lowest BCUT2D eigenvalue weighted by Crippen LogP contribution is -2.52. The monoisotopic (exact) mass is 473 g/mol. The predicted molar refractivity (Wildman–Crippen MR) is 121 cm³/mol. The van der Waals surface area contributed by atoms with E-state index in [0.717, 1.165) is 23.4 Å². The molecule has 1 aromatic carbocycles. The summed E-state index contributed by atoms with van der Waals surface area (Å²) in [5, 5.41) is 8.68. The van der Waals surface area contributed by atoms with Crippen molar-refractivity contribution in [2.24, 2.45) is 0 Å². The highest BCUT2D eigenvalue weighted by Gasteiger charge is 2.29. The van der Waals surface area contributed by atoms with Crippen LogP contribution < -0.4 is 21.7 Å². The average molecular weight is 473 g/mol. The number of nitrogens with two attached hydrogens (primary N) is 1. The Hall–Kier alpha value is -3.40. The van der Waals surface area contributed by atoms with Gasteiger partial charge in [0.1, 0.15) is 23.7 Å². The van der Waals surface area contributed by atoms with E-state index >= 15 is 0 Å². The summed E-state index contributed by atoms with van der Waals surface area (Å²) in [6.45, 7) is 2.02. The number of carbonyl (C=O) groups is 2. The lowest BCUT2D eigenvalue weighted by atomic mass is 9.95. The molecule has 2 aliphatic rings. The van der Waals surface area contributed by atoms with Crippen LogP contribution in [0.4, 0.5) is 19.0 Å². The molecule has 34 heavy (non-hydrogen) atoms. The molecule has 0 bridgehead atoms. The van der Waals surface area contributed by atoms with Crippen molar-refractivity contribution in [2.45, 2.75) is 50.7 Å². The van der Waals surface area contributed by atoms with Gasteiger partial charge >= 0.3 is 0 Å². The van der Waals surface area contributed by atoms with Gasteiger partial charge in [-0.2, -0.15) is 0 Å². The first-order chi connectivity index (χ1) is 16.2. The third kappa shape index (κ3) is 5.06. The minimum Gasteiger partial charge on any atom is -0.384 e. The van der Waals surface area contributed by atoms with Crippen LogP contribution in [0.5, 0.6) is 0 Å². The summed E-state index contributed by atoms with van der Waals surface area (Å²) in [7, 11) is 0. The van der Waals surface area contributed by atoms with Crippen LogP contribution in [-0.4, -0.2) is 35.4 Å². The van der Waals surface area contributed by atoms with Gasteiger partial charge in [-0.1, -0.05) is 18.2 Å². The molecule has 1 aliphatic carbocycles. The van der Waals surface area contributed by atoms with Crippen molar-refractivity contribution in [1.82, 2.24) is 20.9 Å². The number of nitrogen functional groups attached to an aromatic ring is 1. The largest absolute Gasteiger partial charge is 0.384 e. The van der Waals surface area contributed by atoms with Crippen LogP contribution in [0, 0.1) is 5.82 Å². The Kier molecular flexibility index (Phi) is 6.87. The zero-order chi connectivity index (χ0) is 24.4. The van der Waals surface area contributed by atoms with Gasteiger partial charge in [-0.05, 0) is 61.1 Å². The number of rotatable bonds is 6. The molecule has 0 saturated heterocycles. The van der Waals surface area contributed by atoms with E-state index < -0.39 is 35.8 Å². The quantitative estimate of drug-likeness (QED) is 0.516. The Labute approximate surface area is 195 Å². The summed E-state index contributed by atoms with van der Waals surface area (Å²) >= 11 is 0. The van der Waals surface area contributed by atoms with Gasteiger partial charge in [0, 0.05) is 12.2 Å². The third-order valence-corrected chi connectivity index (χ3v) is 6.16. The Balaban J connectivity index is 1.39. The SMILES string of the molecule is C[C@H](NC(=O)[C@@H]1C=C(c2ccc(F)c(C(F)F)c2)CCN1)C(=O)N[C@@H]1CCc2nc(N)ccc21. The molecule has 1 aromatic heterocycles. The molecule has 2 aromatic rings. The number of nitrogens with one attached hydrogen (secondary N) is 3. The highest BCUT2D eigenvalue weighted by atomic mass is 19.3. The molecule has 4 rings (SSSR count). The lowest BCUT2D eigenvalue weighted by Gasteiger charge is -2.25. The number of anilines is 1. The Bertz CT molecular complexity index is 1140. The standard InChI is InChI=1S/C24H26F3N5O2/c1-12(23(33)32-19-6-5-18-15(19)3-7-21(28)31-18)30-24(34)20-11-14(8-9-29-20)13-2-4-17(25)16(10-13)22(26)27/h2-4,7,10-12,19-20,22,29H,5-6,8-9H2,1H3,(H2,28,31)(H,30,34)(H,32,33)/t12-,19+,20-/m0/s1. The maximum Gasteiger partial charge on any atom is 0.266 e. The fourth-order valence-electron chi connectivity index (χ4n) is 4.32. The number of hydrogen-bond acceptors (Lipinski definition) is 5. The molecule has 5 N–H and O–H groups in total. The molecule has 7 nitrogen and oxygen atoms in total. The van der Waals surface area contributed by atoms with Crippen LogP contribution in [0.3, 0.4) is 0 Å². The minimum atomic E-state index is -2.93. The van der Waals surface area contributed by atoms with Crippen LogP contribution in [0.2, 0.25) is 0 Å². The van der Waals surface area contributed by atoms with Crippen LogP contribution in [-0.2, 0) is 16.0 Å². The topological polar surface area (TPSA) is 109 Å². The molecule has 1 aliphatic heterocycles. The smallest absolute Gasteiger partial charge is 0.266 e. The van der Waals surface area contributed by atoms with Crippen molar-refractivity contribution in [3.8, 4) is 0 Å². The molecule has 0 fully saturated rings. The number of hydrogen-bond donors (Lipinski definition) is 4. The second-order valence-electron chi connectivity index (χ2n) is 8.51. The van der Waals surface area contributed by atoms with E-state index in [1.54, 1.807) is 19.1 Å². The zero-order valence-corrected chi connectivity index (χ0v) is 18.6. The number of alkyl halides is 2. The molecule has 0 spiro atoms. The number of aryl methyl sites for hydroxylation is 1. The maximum absolute atomic E-state index is 13.6. The summed E-state index contributed by atoms with van der Waals surface area (Å²) in [6, 6.07) is 5.34. The van der Waals surface area contributed by atoms with E-state index in [2.05, 4.69) is 20.9 Å². The summed E-state index contributed by atoms with van der Waals surface area (Å²) in [5.41, 5.74) is 7.93. The molecule has 10 heteroatoms. The van der Waals surface area contributed by atoms with Gasteiger partial charge in [0.25, 0.3) is 6.43 Å². The van der Waals surface area contributed by atoms with E-state index in [1.165, 1.54) is 6.07 Å². The number of pyridine rings is 1. The Morgan fingerprint density at radius 1 is 1.21 bits per heavy atom. The lowest BCUT2D eigenvalue weighted by molar-refractivity contribution is -0.129. The fraction of sp³-hybridized carbons (Fsp3) is 0.375. The Morgan fingerprint density at radius 2 is 2.00 bits per heavy atom. The molecule has 0 saturated carbocycles. The highest BCUT2D eigenvalue weighted by molar-refractivity contribution is 5.92. The minimum absolute atomic E-state index is 0.197. The Morgan fingerprint density at radius 3 is 2.76 bits per heavy atom. The van der Waals surface area contributed by atoms with Crippen molar-refractivity contribution in [2.75, 3.05) is 12.3 Å². The summed E-state index contributed by atoms with van der Waals surface area (Å²) in [5.74, 6) is -1.28. The molecular formula is C24H26F3N5O2. The van der Waals surface area contributed by atoms with Gasteiger partial charge in [-0.25, -0.2) is 18.2 Å². The molecule has 0 unspecified atom stereocenters. The number of halogens is 3. The predicted octanol–water partition coefficient (Wildman–Crippen LogP) is 2.79. The van der Waals surface area contributed by atoms with Crippen LogP contribution in [0.1, 0.15) is 54.6 Å². The molecule has 2 amide bonds. The first-order valence-electron chi connectivity index (χ1n) is 11.1. The molecular weight excluding hydrogens is 447 g/mol. The number of carbonyl (C=O) groups excluding carboxylic acids is 2. The van der Waals surface area contributed by atoms with E-state index in [4.69, 9.17) is 5.73 Å². The van der Waals surface area contributed by atoms with Crippen molar-refractivity contribution < 1.29 is 22.8 Å². The van der Waals surface area contributed by atoms with Crippen molar-refractivity contribution in [3.05, 3.63) is 64.6 Å². The van der Waals surface area contributed by atoms with Gasteiger partial charge < -0.3 is 21.7 Å². The number of amides is 2. The molecule has 0 radical (unpaired) electrons. The van der Waals surface area contributed by atoms with Crippen LogP contribution in [0.25, 0.3) is 5.57 Å². The number of aromatic nitrogens is 1. The van der Waals surface area contributed by atoms with Crippen molar-refractivity contribution in [1.29, 1.82) is 0 Å². The van der Waals surface area contributed by atoms with Gasteiger partial charge in [0.15, 0.2) is 0 Å². The van der Waals surface area contributed by atoms with Gasteiger partial charge in [0.05, 0.1) is 11.6 Å². The van der Waals surface area contributed by atoms with Crippen molar-refractivity contribution in [3.63, 3.8) is 0 Å². The average Bonchev–Trinajstić information content (AvgIpc) is 3.20. The second-order valence-corrected chi connectivity index (χ2v) is 8.51. The van der Waals surface area contributed by atoms with E-state index in [-0.39, 0.29) is 11.9 Å². The van der Waals surface area contributed by atoms with E-state index in [1.807, 2.05) is 6.07 Å². The van der Waals surface area contributed by atoms with Crippen LogP contribution in [0.15, 0.2) is 36.4 Å². The third-order valence-electron chi connectivity index (χ3n) is 6.16. The number of fused-ring (bicyclic) bond motifs is 1. The highest BCUT2D eigenvalue weighted by Crippen LogP contribution is 2.31. The normalized spacial score (nSPS) is 20.4. The van der Waals surface area contributed by atoms with Gasteiger partial charge in [-0.15, -0.1) is 0 Å². The summed E-state index contributed by atoms with van der Waals surface area (Å²) in [4.78, 5) is 29.8. The maximum atomic E-state index is 13.6. The van der Waals surface area contributed by atoms with E-state index in [0.29, 0.717) is 42.8 Å². The molecule has 2 heterocycles. The van der Waals surface area contributed by atoms with Gasteiger partial charge in [-0.3, -0.25) is 9.59 Å². The van der Waals surface area contributed by atoms with Crippen molar-refractivity contribution >= 4 is 23.2 Å². The van der Waals surface area contributed by atoms with Gasteiger partial charge in [0.2, 0.25) is 11.8 Å². The molecule has 3 atom stereocenters.